The van der Waals surface area contributed by atoms with Crippen LogP contribution in [0.25, 0.3) is 10.8 Å². The Bertz CT molecular complexity index is 1670. The molecule has 0 radical (unpaired) electrons. The number of alkyl carbamates (subject to hydrolysis) is 1. The lowest BCUT2D eigenvalue weighted by molar-refractivity contribution is -0.140. The summed E-state index contributed by atoms with van der Waals surface area (Å²) in [5.41, 5.74) is 5.66. The number of amides is 6. The van der Waals surface area contributed by atoms with Crippen LogP contribution in [-0.2, 0) is 28.7 Å². The van der Waals surface area contributed by atoms with Crippen molar-refractivity contribution in [3.05, 3.63) is 42.5 Å². The molecule has 0 unspecified atom stereocenters. The highest BCUT2D eigenvalue weighted by molar-refractivity contribution is 5.95. The van der Waals surface area contributed by atoms with Gasteiger partial charge in [-0.1, -0.05) is 63.4 Å². The summed E-state index contributed by atoms with van der Waals surface area (Å²) in [6, 6.07) is 9.52. The number of benzene rings is 2. The highest BCUT2D eigenvalue weighted by Gasteiger charge is 2.37. The molecule has 2 aromatic carbocycles. The Balaban J connectivity index is 1.27. The number of nitrogens with two attached hydrogens (primary N) is 1. The van der Waals surface area contributed by atoms with Crippen molar-refractivity contribution in [2.75, 3.05) is 32.8 Å². The van der Waals surface area contributed by atoms with Crippen LogP contribution in [0, 0.1) is 5.92 Å². The van der Waals surface area contributed by atoms with Gasteiger partial charge in [0.2, 0.25) is 23.6 Å². The fraction of sp³-hybridized carbons (Fsp3) is 0.610. The highest BCUT2D eigenvalue weighted by Crippen LogP contribution is 2.22. The predicted octanol–water partition coefficient (Wildman–Crippen LogP) is 2.00. The molecule has 1 saturated carbocycles. The molecule has 16 heteroatoms. The maximum Gasteiger partial charge on any atom is 0.407 e. The Morgan fingerprint density at radius 1 is 0.842 bits per heavy atom. The predicted molar refractivity (Wildman–Crippen MR) is 214 cm³/mol. The SMILES string of the molecule is CC(C)[C@H](NC(=O)[C@H](CCCCN)NC(=O)COc1ccc2ccccc2c1)C(=O)NCC(=O)N[C@H](C(=O)N1CCC[C@H]1COC(=O)NC1CCCCC1)[C@@H](C)O. The molecule has 1 aliphatic heterocycles. The number of hydrogen-bond acceptors (Lipinski definition) is 10. The van der Waals surface area contributed by atoms with Crippen molar-refractivity contribution in [3.63, 3.8) is 0 Å². The van der Waals surface area contributed by atoms with Crippen LogP contribution >= 0.6 is 0 Å². The molecule has 4 rings (SSSR count). The van der Waals surface area contributed by atoms with Crippen molar-refractivity contribution in [1.82, 2.24) is 31.5 Å². The quantitative estimate of drug-likeness (QED) is 0.0965. The van der Waals surface area contributed by atoms with Crippen LogP contribution < -0.4 is 37.1 Å². The van der Waals surface area contributed by atoms with Gasteiger partial charge >= 0.3 is 6.09 Å². The average Bonchev–Trinajstić information content (AvgIpc) is 3.67. The fourth-order valence-electron chi connectivity index (χ4n) is 7.19. The van der Waals surface area contributed by atoms with E-state index >= 15 is 0 Å². The topological polar surface area (TPSA) is 231 Å². The number of ether oxygens (including phenoxy) is 2. The van der Waals surface area contributed by atoms with Crippen molar-refractivity contribution >= 4 is 46.4 Å². The van der Waals surface area contributed by atoms with Gasteiger partial charge in [0.15, 0.2) is 6.61 Å². The number of fused-ring (bicyclic) bond motifs is 1. The second kappa shape index (κ2) is 22.7. The van der Waals surface area contributed by atoms with Gasteiger partial charge in [0.25, 0.3) is 5.91 Å². The highest BCUT2D eigenvalue weighted by atomic mass is 16.5. The van der Waals surface area contributed by atoms with Gasteiger partial charge in [-0.3, -0.25) is 24.0 Å². The lowest BCUT2D eigenvalue weighted by Crippen LogP contribution is -2.58. The molecule has 0 spiro atoms. The van der Waals surface area contributed by atoms with E-state index in [2.05, 4.69) is 26.6 Å². The molecule has 16 nitrogen and oxygen atoms in total. The van der Waals surface area contributed by atoms with E-state index in [1.165, 1.54) is 11.8 Å². The third-order valence-electron chi connectivity index (χ3n) is 10.4. The number of unbranched alkanes of at least 4 members (excludes halogenated alkanes) is 1. The Hall–Kier alpha value is -4.96. The second-order valence-corrected chi connectivity index (χ2v) is 15.3. The summed E-state index contributed by atoms with van der Waals surface area (Å²) in [4.78, 5) is 80.3. The molecule has 2 aromatic rings. The minimum atomic E-state index is -1.31. The van der Waals surface area contributed by atoms with E-state index < -0.39 is 78.4 Å². The van der Waals surface area contributed by atoms with Gasteiger partial charge in [0.1, 0.15) is 30.5 Å². The normalized spacial score (nSPS) is 17.9. The third-order valence-corrected chi connectivity index (χ3v) is 10.4. The summed E-state index contributed by atoms with van der Waals surface area (Å²) in [5, 5.41) is 25.9. The molecule has 6 amide bonds. The van der Waals surface area contributed by atoms with E-state index in [-0.39, 0.29) is 25.7 Å². The average molecular weight is 796 g/mol. The Kier molecular flexibility index (Phi) is 17.8. The minimum absolute atomic E-state index is 0.0141. The molecule has 314 valence electrons. The molecule has 8 N–H and O–H groups in total. The van der Waals surface area contributed by atoms with Gasteiger partial charge in [-0.25, -0.2) is 4.79 Å². The maximum absolute atomic E-state index is 13.6. The first-order valence-corrected chi connectivity index (χ1v) is 20.3. The summed E-state index contributed by atoms with van der Waals surface area (Å²) in [6.07, 6.45) is 6.00. The minimum Gasteiger partial charge on any atom is -0.484 e. The van der Waals surface area contributed by atoms with Crippen LogP contribution in [0.5, 0.6) is 5.75 Å². The number of nitrogens with zero attached hydrogens (tertiary/aromatic N) is 1. The molecule has 0 bridgehead atoms. The summed E-state index contributed by atoms with van der Waals surface area (Å²) in [7, 11) is 0. The largest absolute Gasteiger partial charge is 0.484 e. The first-order valence-electron chi connectivity index (χ1n) is 20.3. The number of likely N-dealkylation sites (tertiary alicyclic amines) is 1. The zero-order chi connectivity index (χ0) is 41.3. The number of hydrogen-bond donors (Lipinski definition) is 7. The van der Waals surface area contributed by atoms with Crippen LogP contribution in [-0.4, -0.2) is 115 Å². The lowest BCUT2D eigenvalue weighted by Gasteiger charge is -2.30. The molecular formula is C41H61N7O9. The molecular weight excluding hydrogens is 734 g/mol. The Morgan fingerprint density at radius 2 is 1.58 bits per heavy atom. The fourth-order valence-corrected chi connectivity index (χ4v) is 7.19. The van der Waals surface area contributed by atoms with Crippen molar-refractivity contribution in [2.45, 2.75) is 121 Å². The summed E-state index contributed by atoms with van der Waals surface area (Å²) < 4.78 is 11.2. The molecule has 5 atom stereocenters. The first-order chi connectivity index (χ1) is 27.4. The van der Waals surface area contributed by atoms with Crippen LogP contribution in [0.4, 0.5) is 4.79 Å². The van der Waals surface area contributed by atoms with Gasteiger partial charge in [-0.2, -0.15) is 0 Å². The molecule has 2 aliphatic rings. The van der Waals surface area contributed by atoms with Gasteiger partial charge in [0.05, 0.1) is 18.7 Å². The number of carbonyl (C=O) groups is 6. The molecule has 57 heavy (non-hydrogen) atoms. The van der Waals surface area contributed by atoms with Gasteiger partial charge in [0, 0.05) is 12.6 Å². The summed E-state index contributed by atoms with van der Waals surface area (Å²) in [5.74, 6) is -2.91. The van der Waals surface area contributed by atoms with Crippen LogP contribution in [0.1, 0.15) is 85.0 Å². The van der Waals surface area contributed by atoms with Crippen molar-refractivity contribution in [1.29, 1.82) is 0 Å². The zero-order valence-electron chi connectivity index (χ0n) is 33.4. The third kappa shape index (κ3) is 14.2. The summed E-state index contributed by atoms with van der Waals surface area (Å²) in [6.45, 7) is 4.72. The first kappa shape index (κ1) is 44.8. The van der Waals surface area contributed by atoms with Gasteiger partial charge < -0.3 is 51.8 Å². The van der Waals surface area contributed by atoms with E-state index in [0.717, 1.165) is 42.9 Å². The van der Waals surface area contributed by atoms with Crippen LogP contribution in [0.3, 0.4) is 0 Å². The number of aliphatic hydroxyl groups excluding tert-OH is 1. The van der Waals surface area contributed by atoms with Crippen LogP contribution in [0.2, 0.25) is 0 Å². The zero-order valence-corrected chi connectivity index (χ0v) is 33.4. The number of aliphatic hydroxyl groups is 1. The van der Waals surface area contributed by atoms with E-state index in [9.17, 15) is 33.9 Å². The monoisotopic (exact) mass is 795 g/mol. The van der Waals surface area contributed by atoms with Gasteiger partial charge in [-0.15, -0.1) is 0 Å². The molecule has 1 saturated heterocycles. The number of carbonyl (C=O) groups excluding carboxylic acids is 6. The van der Waals surface area contributed by atoms with Crippen molar-refractivity contribution in [2.24, 2.45) is 11.7 Å². The molecule has 0 aromatic heterocycles. The molecule has 1 aliphatic carbocycles. The van der Waals surface area contributed by atoms with E-state index in [4.69, 9.17) is 15.2 Å². The number of rotatable bonds is 20. The Morgan fingerprint density at radius 3 is 2.28 bits per heavy atom. The molecule has 1 heterocycles. The Labute approximate surface area is 334 Å². The summed E-state index contributed by atoms with van der Waals surface area (Å²) >= 11 is 0. The van der Waals surface area contributed by atoms with Crippen molar-refractivity contribution in [3.8, 4) is 5.75 Å². The maximum atomic E-state index is 13.6. The second-order valence-electron chi connectivity index (χ2n) is 15.3. The standard InChI is InChI=1S/C41H61N7O9/c1-26(2)36(47-38(52)33(17-9-10-20-42)45-35(51)25-56-32-19-18-28-12-7-8-13-29(28)22-32)39(53)43-23-34(50)46-37(27(3)49)40(54)48-21-11-16-31(48)24-57-41(55)44-30-14-5-4-6-15-30/h7-8,12-13,18-19,22,26-27,30-31,33,36-37,49H,4-6,9-11,14-17,20-21,23-25,42H2,1-3H3,(H,43,53)(H,44,55)(H,45,51)(H,46,50)(H,47,52)/t27-,31+,33+,36+,37+/m1/s1. The van der Waals surface area contributed by atoms with E-state index in [0.29, 0.717) is 44.5 Å². The van der Waals surface area contributed by atoms with E-state index in [1.807, 2.05) is 36.4 Å². The van der Waals surface area contributed by atoms with Gasteiger partial charge in [-0.05, 0) is 87.2 Å². The van der Waals surface area contributed by atoms with Crippen LogP contribution in [0.15, 0.2) is 42.5 Å². The number of nitrogens with one attached hydrogen (secondary N) is 5. The van der Waals surface area contributed by atoms with Crippen molar-refractivity contribution < 1.29 is 43.3 Å². The smallest absolute Gasteiger partial charge is 0.407 e. The lowest BCUT2D eigenvalue weighted by atomic mass is 9.96. The van der Waals surface area contributed by atoms with E-state index in [1.54, 1.807) is 19.9 Å². The molecule has 2 fully saturated rings.